The zero-order chi connectivity index (χ0) is 10.7. The molecule has 1 saturated heterocycles. The van der Waals surface area contributed by atoms with Gasteiger partial charge in [0.2, 0.25) is 5.91 Å². The van der Waals surface area contributed by atoms with Crippen LogP contribution >= 0.6 is 15.9 Å². The summed E-state index contributed by atoms with van der Waals surface area (Å²) in [4.78, 5) is 15.5. The average Bonchev–Trinajstić information content (AvgIpc) is 2.22. The number of rotatable bonds is 2. The molecule has 1 aliphatic heterocycles. The average molecular weight is 270 g/mol. The van der Waals surface area contributed by atoms with Gasteiger partial charge in [0.05, 0.1) is 11.9 Å². The molecule has 4 nitrogen and oxygen atoms in total. The Hall–Kier alpha value is -1.10. The molecule has 15 heavy (non-hydrogen) atoms. The minimum absolute atomic E-state index is 0.0706. The van der Waals surface area contributed by atoms with E-state index in [2.05, 4.69) is 31.5 Å². The number of aromatic nitrogens is 1. The van der Waals surface area contributed by atoms with Crippen molar-refractivity contribution < 1.29 is 4.79 Å². The van der Waals surface area contributed by atoms with Crippen molar-refractivity contribution in [1.82, 2.24) is 10.3 Å². The highest BCUT2D eigenvalue weighted by molar-refractivity contribution is 9.10. The molecule has 0 aromatic carbocycles. The molecule has 1 fully saturated rings. The Bertz CT molecular complexity index is 369. The smallest absolute Gasteiger partial charge is 0.242 e. The Balaban J connectivity index is 2.04. The second-order valence-electron chi connectivity index (χ2n) is 3.52. The highest BCUT2D eigenvalue weighted by Crippen LogP contribution is 2.16. The molecule has 1 aromatic rings. The third-order valence-electron chi connectivity index (χ3n) is 2.33. The number of hydrogen-bond acceptors (Lipinski definition) is 3. The van der Waals surface area contributed by atoms with Crippen LogP contribution in [0.3, 0.4) is 0 Å². The SMILES string of the molecule is O=C1NCCCC1Nc1cncc(Br)c1. The van der Waals surface area contributed by atoms with Crippen LogP contribution in [0.15, 0.2) is 22.9 Å². The van der Waals surface area contributed by atoms with Crippen molar-refractivity contribution in [2.45, 2.75) is 18.9 Å². The minimum Gasteiger partial charge on any atom is -0.372 e. The maximum absolute atomic E-state index is 11.5. The van der Waals surface area contributed by atoms with E-state index in [1.165, 1.54) is 0 Å². The van der Waals surface area contributed by atoms with Crippen molar-refractivity contribution in [2.75, 3.05) is 11.9 Å². The lowest BCUT2D eigenvalue weighted by Crippen LogP contribution is -2.44. The molecule has 1 aliphatic rings. The Morgan fingerprint density at radius 3 is 3.13 bits per heavy atom. The van der Waals surface area contributed by atoms with Gasteiger partial charge in [-0.25, -0.2) is 0 Å². The fourth-order valence-electron chi connectivity index (χ4n) is 1.60. The number of pyridine rings is 1. The number of halogens is 1. The highest BCUT2D eigenvalue weighted by Gasteiger charge is 2.21. The summed E-state index contributed by atoms with van der Waals surface area (Å²) in [5.41, 5.74) is 0.867. The number of carbonyl (C=O) groups excluding carboxylic acids is 1. The predicted octanol–water partition coefficient (Wildman–Crippen LogP) is 1.53. The maximum Gasteiger partial charge on any atom is 0.242 e. The van der Waals surface area contributed by atoms with Crippen LogP contribution in [0.4, 0.5) is 5.69 Å². The molecular formula is C10H12BrN3O. The van der Waals surface area contributed by atoms with Crippen molar-refractivity contribution in [1.29, 1.82) is 0 Å². The van der Waals surface area contributed by atoms with E-state index in [-0.39, 0.29) is 11.9 Å². The van der Waals surface area contributed by atoms with Crippen molar-refractivity contribution in [3.63, 3.8) is 0 Å². The molecule has 2 heterocycles. The second kappa shape index (κ2) is 4.61. The van der Waals surface area contributed by atoms with Gasteiger partial charge in [0.1, 0.15) is 6.04 Å². The molecule has 0 saturated carbocycles. The fourth-order valence-corrected chi connectivity index (χ4v) is 1.97. The Morgan fingerprint density at radius 1 is 1.53 bits per heavy atom. The van der Waals surface area contributed by atoms with Gasteiger partial charge < -0.3 is 10.6 Å². The van der Waals surface area contributed by atoms with Gasteiger partial charge in [-0.05, 0) is 34.8 Å². The standard InChI is InChI=1S/C10H12BrN3O/c11-7-4-8(6-12-5-7)14-9-2-1-3-13-10(9)15/h4-6,9,14H,1-3H2,(H,13,15). The number of nitrogens with one attached hydrogen (secondary N) is 2. The van der Waals surface area contributed by atoms with Crippen LogP contribution < -0.4 is 10.6 Å². The van der Waals surface area contributed by atoms with Gasteiger partial charge in [0, 0.05) is 17.2 Å². The summed E-state index contributed by atoms with van der Waals surface area (Å²) in [6, 6.07) is 1.78. The third-order valence-corrected chi connectivity index (χ3v) is 2.76. The number of piperidine rings is 1. The highest BCUT2D eigenvalue weighted by atomic mass is 79.9. The summed E-state index contributed by atoms with van der Waals surface area (Å²) < 4.78 is 0.906. The van der Waals surface area contributed by atoms with E-state index >= 15 is 0 Å². The Labute approximate surface area is 96.6 Å². The first-order valence-electron chi connectivity index (χ1n) is 4.90. The van der Waals surface area contributed by atoms with Crippen molar-refractivity contribution in [2.24, 2.45) is 0 Å². The summed E-state index contributed by atoms with van der Waals surface area (Å²) in [5.74, 6) is 0.0706. The van der Waals surface area contributed by atoms with Gasteiger partial charge >= 0.3 is 0 Å². The molecule has 2 rings (SSSR count). The minimum atomic E-state index is -0.130. The predicted molar refractivity (Wildman–Crippen MR) is 61.6 cm³/mol. The van der Waals surface area contributed by atoms with Gasteiger partial charge in [-0.15, -0.1) is 0 Å². The van der Waals surface area contributed by atoms with Crippen LogP contribution in [0.25, 0.3) is 0 Å². The number of hydrogen-bond donors (Lipinski definition) is 2. The number of amides is 1. The van der Waals surface area contributed by atoms with E-state index < -0.39 is 0 Å². The first-order valence-corrected chi connectivity index (χ1v) is 5.70. The molecule has 80 valence electrons. The van der Waals surface area contributed by atoms with Gasteiger partial charge in [0.15, 0.2) is 0 Å². The summed E-state index contributed by atoms with van der Waals surface area (Å²) in [5, 5.41) is 6.00. The molecule has 0 spiro atoms. The lowest BCUT2D eigenvalue weighted by Gasteiger charge is -2.23. The molecule has 2 N–H and O–H groups in total. The number of carbonyl (C=O) groups is 1. The largest absolute Gasteiger partial charge is 0.372 e. The molecule has 1 atom stereocenters. The van der Waals surface area contributed by atoms with Crippen molar-refractivity contribution in [3.8, 4) is 0 Å². The van der Waals surface area contributed by atoms with E-state index in [4.69, 9.17) is 0 Å². The molecular weight excluding hydrogens is 258 g/mol. The third kappa shape index (κ3) is 2.68. The Kier molecular flexibility index (Phi) is 3.20. The molecule has 1 unspecified atom stereocenters. The fraction of sp³-hybridized carbons (Fsp3) is 0.400. The van der Waals surface area contributed by atoms with Crippen LogP contribution in [0.1, 0.15) is 12.8 Å². The molecule has 0 radical (unpaired) electrons. The maximum atomic E-state index is 11.5. The van der Waals surface area contributed by atoms with Crippen LogP contribution in [0.5, 0.6) is 0 Å². The Morgan fingerprint density at radius 2 is 2.40 bits per heavy atom. The van der Waals surface area contributed by atoms with E-state index in [1.54, 1.807) is 12.4 Å². The molecule has 0 bridgehead atoms. The molecule has 5 heteroatoms. The van der Waals surface area contributed by atoms with E-state index in [0.29, 0.717) is 0 Å². The van der Waals surface area contributed by atoms with Gasteiger partial charge in [0.25, 0.3) is 0 Å². The van der Waals surface area contributed by atoms with Crippen LogP contribution in [0.2, 0.25) is 0 Å². The quantitative estimate of drug-likeness (QED) is 0.857. The zero-order valence-electron chi connectivity index (χ0n) is 8.16. The topological polar surface area (TPSA) is 54.0 Å². The molecule has 0 aliphatic carbocycles. The van der Waals surface area contributed by atoms with Crippen molar-refractivity contribution >= 4 is 27.5 Å². The van der Waals surface area contributed by atoms with E-state index in [0.717, 1.165) is 29.5 Å². The lowest BCUT2D eigenvalue weighted by atomic mass is 10.1. The van der Waals surface area contributed by atoms with E-state index in [9.17, 15) is 4.79 Å². The van der Waals surface area contributed by atoms with Crippen LogP contribution in [0, 0.1) is 0 Å². The van der Waals surface area contributed by atoms with E-state index in [1.807, 2.05) is 6.07 Å². The first kappa shape index (κ1) is 10.4. The summed E-state index contributed by atoms with van der Waals surface area (Å²) >= 11 is 3.34. The number of anilines is 1. The summed E-state index contributed by atoms with van der Waals surface area (Å²) in [6.45, 7) is 0.785. The second-order valence-corrected chi connectivity index (χ2v) is 4.44. The number of nitrogens with zero attached hydrogens (tertiary/aromatic N) is 1. The normalized spacial score (nSPS) is 20.9. The van der Waals surface area contributed by atoms with Gasteiger partial charge in [-0.1, -0.05) is 0 Å². The first-order chi connectivity index (χ1) is 7.25. The summed E-state index contributed by atoms with van der Waals surface area (Å²) in [6.07, 6.45) is 5.32. The molecule has 1 amide bonds. The lowest BCUT2D eigenvalue weighted by molar-refractivity contribution is -0.123. The summed E-state index contributed by atoms with van der Waals surface area (Å²) in [7, 11) is 0. The van der Waals surface area contributed by atoms with Gasteiger partial charge in [-0.2, -0.15) is 0 Å². The monoisotopic (exact) mass is 269 g/mol. The van der Waals surface area contributed by atoms with Crippen LogP contribution in [-0.4, -0.2) is 23.5 Å². The van der Waals surface area contributed by atoms with Crippen LogP contribution in [-0.2, 0) is 4.79 Å². The zero-order valence-corrected chi connectivity index (χ0v) is 9.75. The van der Waals surface area contributed by atoms with Crippen molar-refractivity contribution in [3.05, 3.63) is 22.9 Å². The molecule has 1 aromatic heterocycles. The van der Waals surface area contributed by atoms with Gasteiger partial charge in [-0.3, -0.25) is 9.78 Å².